The van der Waals surface area contributed by atoms with Crippen molar-refractivity contribution >= 4 is 11.9 Å². The Morgan fingerprint density at radius 3 is 2.44 bits per heavy atom. The Balaban J connectivity index is 1.84. The molecule has 0 unspecified atom stereocenters. The second-order valence-corrected chi connectivity index (χ2v) is 7.36. The van der Waals surface area contributed by atoms with Crippen LogP contribution in [0.25, 0.3) is 0 Å². The van der Waals surface area contributed by atoms with Gasteiger partial charge in [-0.05, 0) is 56.4 Å². The van der Waals surface area contributed by atoms with E-state index in [9.17, 15) is 9.59 Å². The maximum Gasteiger partial charge on any atom is 0.347 e. The molecule has 2 rings (SSSR count). The number of nitrogens with zero attached hydrogens (tertiary/aromatic N) is 1. The molecule has 0 aliphatic heterocycles. The highest BCUT2D eigenvalue weighted by Crippen LogP contribution is 2.29. The number of carbonyl (C=O) groups is 2. The third-order valence-electron chi connectivity index (χ3n) is 5.32. The van der Waals surface area contributed by atoms with E-state index in [-0.39, 0.29) is 11.9 Å². The molecule has 1 aromatic rings. The Bertz CT molecular complexity index is 695. The number of rotatable bonds is 6. The van der Waals surface area contributed by atoms with E-state index >= 15 is 0 Å². The van der Waals surface area contributed by atoms with Crippen LogP contribution >= 0.6 is 0 Å². The maximum atomic E-state index is 12.4. The molecule has 1 aliphatic rings. The molecule has 0 radical (unpaired) electrons. The molecule has 1 fully saturated rings. The Morgan fingerprint density at radius 2 is 1.81 bits per heavy atom. The SMILES string of the molecule is C[C@@H]1[C@H](C)CCC[C@@H]1NC(=O)[C@@H](C)OC(=O)[C@@H](C)Oc1ccc(C#N)cc1. The fraction of sp³-hybridized carbons (Fsp3) is 0.571. The van der Waals surface area contributed by atoms with E-state index in [1.54, 1.807) is 38.1 Å². The smallest absolute Gasteiger partial charge is 0.347 e. The van der Waals surface area contributed by atoms with Gasteiger partial charge in [-0.2, -0.15) is 5.26 Å². The van der Waals surface area contributed by atoms with Crippen molar-refractivity contribution in [1.29, 1.82) is 5.26 Å². The lowest BCUT2D eigenvalue weighted by atomic mass is 9.78. The summed E-state index contributed by atoms with van der Waals surface area (Å²) in [5, 5.41) is 11.8. The summed E-state index contributed by atoms with van der Waals surface area (Å²) in [7, 11) is 0. The largest absolute Gasteiger partial charge is 0.479 e. The number of hydrogen-bond acceptors (Lipinski definition) is 5. The molecule has 1 N–H and O–H groups in total. The number of amides is 1. The lowest BCUT2D eigenvalue weighted by Gasteiger charge is -2.35. The van der Waals surface area contributed by atoms with E-state index in [4.69, 9.17) is 14.7 Å². The molecule has 0 heterocycles. The maximum absolute atomic E-state index is 12.4. The molecule has 1 aliphatic carbocycles. The summed E-state index contributed by atoms with van der Waals surface area (Å²) < 4.78 is 10.8. The summed E-state index contributed by atoms with van der Waals surface area (Å²) in [6.45, 7) is 7.49. The normalized spacial score (nSPS) is 24.2. The first-order valence-corrected chi connectivity index (χ1v) is 9.49. The van der Waals surface area contributed by atoms with Crippen molar-refractivity contribution in [2.75, 3.05) is 0 Å². The first kappa shape index (κ1) is 20.8. The molecule has 1 aromatic carbocycles. The third-order valence-corrected chi connectivity index (χ3v) is 5.32. The summed E-state index contributed by atoms with van der Waals surface area (Å²) in [6.07, 6.45) is 1.49. The molecule has 146 valence electrons. The first-order chi connectivity index (χ1) is 12.8. The molecule has 27 heavy (non-hydrogen) atoms. The number of benzene rings is 1. The van der Waals surface area contributed by atoms with Crippen LogP contribution in [0.15, 0.2) is 24.3 Å². The van der Waals surface area contributed by atoms with Gasteiger partial charge in [0.25, 0.3) is 5.91 Å². The van der Waals surface area contributed by atoms with Gasteiger partial charge < -0.3 is 14.8 Å². The number of carbonyl (C=O) groups excluding carboxylic acids is 2. The summed E-state index contributed by atoms with van der Waals surface area (Å²) in [5.41, 5.74) is 0.508. The van der Waals surface area contributed by atoms with Gasteiger partial charge >= 0.3 is 5.97 Å². The fourth-order valence-electron chi connectivity index (χ4n) is 3.27. The predicted molar refractivity (Wildman–Crippen MR) is 101 cm³/mol. The number of esters is 1. The molecule has 0 spiro atoms. The lowest BCUT2D eigenvalue weighted by molar-refractivity contribution is -0.161. The molecular weight excluding hydrogens is 344 g/mol. The van der Waals surface area contributed by atoms with E-state index in [0.29, 0.717) is 23.1 Å². The van der Waals surface area contributed by atoms with E-state index in [1.165, 1.54) is 6.42 Å². The first-order valence-electron chi connectivity index (χ1n) is 9.49. The summed E-state index contributed by atoms with van der Waals surface area (Å²) in [6, 6.07) is 8.58. The second kappa shape index (κ2) is 9.40. The van der Waals surface area contributed by atoms with Gasteiger partial charge in [-0.3, -0.25) is 4.79 Å². The van der Waals surface area contributed by atoms with Crippen LogP contribution in [0.3, 0.4) is 0 Å². The molecule has 1 amide bonds. The van der Waals surface area contributed by atoms with Gasteiger partial charge in [0.2, 0.25) is 0 Å². The van der Waals surface area contributed by atoms with Crippen LogP contribution in [0.5, 0.6) is 5.75 Å². The van der Waals surface area contributed by atoms with Crippen molar-refractivity contribution in [1.82, 2.24) is 5.32 Å². The van der Waals surface area contributed by atoms with Gasteiger partial charge in [0, 0.05) is 6.04 Å². The highest BCUT2D eigenvalue weighted by atomic mass is 16.6. The molecule has 0 saturated heterocycles. The van der Waals surface area contributed by atoms with Crippen LogP contribution in [0.4, 0.5) is 0 Å². The molecule has 5 atom stereocenters. The number of hydrogen-bond donors (Lipinski definition) is 1. The zero-order valence-corrected chi connectivity index (χ0v) is 16.4. The minimum atomic E-state index is -0.881. The highest BCUT2D eigenvalue weighted by molar-refractivity contribution is 5.84. The highest BCUT2D eigenvalue weighted by Gasteiger charge is 2.30. The van der Waals surface area contributed by atoms with Crippen LogP contribution in [-0.4, -0.2) is 30.1 Å². The quantitative estimate of drug-likeness (QED) is 0.775. The number of nitriles is 1. The van der Waals surface area contributed by atoms with Gasteiger partial charge in [0.05, 0.1) is 11.6 Å². The minimum absolute atomic E-state index is 0.120. The summed E-state index contributed by atoms with van der Waals surface area (Å²) in [5.74, 6) is 0.555. The zero-order chi connectivity index (χ0) is 20.0. The van der Waals surface area contributed by atoms with Gasteiger partial charge in [0.15, 0.2) is 12.2 Å². The van der Waals surface area contributed by atoms with Crippen LogP contribution in [0.2, 0.25) is 0 Å². The van der Waals surface area contributed by atoms with Gasteiger partial charge in [-0.15, -0.1) is 0 Å². The van der Waals surface area contributed by atoms with Crippen LogP contribution in [0, 0.1) is 23.2 Å². The standard InChI is InChI=1S/C21H28N2O4/c1-13-6-5-7-19(14(13)2)23-20(24)15(3)27-21(25)16(4)26-18-10-8-17(12-22)9-11-18/h8-11,13-16,19H,5-7H2,1-4H3,(H,23,24)/t13-,14-,15-,16-,19+/m1/s1. The molecule has 0 aromatic heterocycles. The van der Waals surface area contributed by atoms with E-state index in [1.807, 2.05) is 6.07 Å². The third kappa shape index (κ3) is 5.72. The molecule has 1 saturated carbocycles. The van der Waals surface area contributed by atoms with Crippen molar-refractivity contribution in [3.8, 4) is 11.8 Å². The van der Waals surface area contributed by atoms with Gasteiger partial charge in [-0.1, -0.05) is 26.7 Å². The summed E-state index contributed by atoms with van der Waals surface area (Å²) in [4.78, 5) is 24.6. The average molecular weight is 372 g/mol. The number of nitrogens with one attached hydrogen (secondary N) is 1. The Hall–Kier alpha value is -2.55. The van der Waals surface area contributed by atoms with Crippen molar-refractivity contribution in [2.45, 2.75) is 65.2 Å². The minimum Gasteiger partial charge on any atom is -0.479 e. The Morgan fingerprint density at radius 1 is 1.15 bits per heavy atom. The van der Waals surface area contributed by atoms with Crippen molar-refractivity contribution in [3.05, 3.63) is 29.8 Å². The monoisotopic (exact) mass is 372 g/mol. The lowest BCUT2D eigenvalue weighted by Crippen LogP contribution is -2.48. The van der Waals surface area contributed by atoms with Gasteiger partial charge in [0.1, 0.15) is 5.75 Å². The van der Waals surface area contributed by atoms with Crippen molar-refractivity contribution in [2.24, 2.45) is 11.8 Å². The topological polar surface area (TPSA) is 88.4 Å². The van der Waals surface area contributed by atoms with E-state index in [2.05, 4.69) is 19.2 Å². The van der Waals surface area contributed by atoms with Crippen LogP contribution < -0.4 is 10.1 Å². The Labute approximate surface area is 160 Å². The average Bonchev–Trinajstić information content (AvgIpc) is 2.65. The second-order valence-electron chi connectivity index (χ2n) is 7.36. The van der Waals surface area contributed by atoms with Crippen LogP contribution in [-0.2, 0) is 14.3 Å². The Kier molecular flexibility index (Phi) is 7.23. The summed E-state index contributed by atoms with van der Waals surface area (Å²) >= 11 is 0. The van der Waals surface area contributed by atoms with E-state index < -0.39 is 18.2 Å². The van der Waals surface area contributed by atoms with Crippen LogP contribution in [0.1, 0.15) is 52.5 Å². The predicted octanol–water partition coefficient (Wildman–Crippen LogP) is 3.20. The van der Waals surface area contributed by atoms with Crippen molar-refractivity contribution in [3.63, 3.8) is 0 Å². The van der Waals surface area contributed by atoms with Crippen molar-refractivity contribution < 1.29 is 19.1 Å². The molecule has 6 heteroatoms. The van der Waals surface area contributed by atoms with E-state index in [0.717, 1.165) is 12.8 Å². The molecular formula is C21H28N2O4. The molecule has 6 nitrogen and oxygen atoms in total. The number of ether oxygens (including phenoxy) is 2. The van der Waals surface area contributed by atoms with Gasteiger partial charge in [-0.25, -0.2) is 4.79 Å². The fourth-order valence-corrected chi connectivity index (χ4v) is 3.27. The molecule has 0 bridgehead atoms. The zero-order valence-electron chi connectivity index (χ0n) is 16.4.